The summed E-state index contributed by atoms with van der Waals surface area (Å²) in [5.41, 5.74) is -1.21. The van der Waals surface area contributed by atoms with Crippen molar-refractivity contribution in [3.05, 3.63) is 22.4 Å². The smallest absolute Gasteiger partial charge is 0.312 e. The number of amides is 3. The second-order valence-corrected chi connectivity index (χ2v) is 6.68. The fourth-order valence-electron chi connectivity index (χ4n) is 2.37. The Morgan fingerprint density at radius 2 is 1.87 bits per heavy atom. The fraction of sp³-hybridized carbons (Fsp3) is 0.533. The topological polar surface area (TPSA) is 90.0 Å². The van der Waals surface area contributed by atoms with E-state index in [2.05, 4.69) is 5.32 Å². The standard InChI is InChI=1S/C15H21N3O4S/c1-11(19)17-5-7-18(8-6-17)14(21)13(20)16-10-15(2,22)12-4-3-9-23-12/h3-4,9,22H,5-8,10H2,1-2H3,(H,16,20)/t15-/m1/s1. The maximum absolute atomic E-state index is 12.1. The number of nitrogens with zero attached hydrogens (tertiary/aromatic N) is 2. The third kappa shape index (κ3) is 4.29. The van der Waals surface area contributed by atoms with Gasteiger partial charge < -0.3 is 20.2 Å². The van der Waals surface area contributed by atoms with E-state index in [9.17, 15) is 19.5 Å². The first-order valence-electron chi connectivity index (χ1n) is 7.40. The van der Waals surface area contributed by atoms with Gasteiger partial charge in [0.25, 0.3) is 0 Å². The van der Waals surface area contributed by atoms with Gasteiger partial charge in [-0.2, -0.15) is 0 Å². The number of nitrogens with one attached hydrogen (secondary N) is 1. The van der Waals surface area contributed by atoms with Crippen LogP contribution in [0.25, 0.3) is 0 Å². The molecule has 3 amide bonds. The van der Waals surface area contributed by atoms with Crippen LogP contribution in [0.5, 0.6) is 0 Å². The molecular weight excluding hydrogens is 318 g/mol. The van der Waals surface area contributed by atoms with Crippen molar-refractivity contribution in [2.24, 2.45) is 0 Å². The molecule has 1 aromatic heterocycles. The Labute approximate surface area is 138 Å². The highest BCUT2D eigenvalue weighted by Crippen LogP contribution is 2.24. The Hall–Kier alpha value is -1.93. The zero-order valence-electron chi connectivity index (χ0n) is 13.2. The SMILES string of the molecule is CC(=O)N1CCN(C(=O)C(=O)NC[C@@](C)(O)c2cccs2)CC1. The predicted molar refractivity (Wildman–Crippen MR) is 85.7 cm³/mol. The summed E-state index contributed by atoms with van der Waals surface area (Å²) < 4.78 is 0. The van der Waals surface area contributed by atoms with E-state index in [-0.39, 0.29) is 12.5 Å². The first kappa shape index (κ1) is 17.4. The lowest BCUT2D eigenvalue weighted by atomic mass is 10.1. The molecule has 8 heteroatoms. The number of hydrogen-bond donors (Lipinski definition) is 2. The minimum absolute atomic E-state index is 0.0338. The van der Waals surface area contributed by atoms with E-state index in [4.69, 9.17) is 0 Å². The molecule has 0 aliphatic carbocycles. The molecule has 0 bridgehead atoms. The number of thiophene rings is 1. The van der Waals surface area contributed by atoms with E-state index >= 15 is 0 Å². The third-order valence-electron chi connectivity index (χ3n) is 3.85. The zero-order chi connectivity index (χ0) is 17.0. The fourth-order valence-corrected chi connectivity index (χ4v) is 3.16. The van der Waals surface area contributed by atoms with Crippen LogP contribution < -0.4 is 5.32 Å². The Morgan fingerprint density at radius 3 is 2.39 bits per heavy atom. The second-order valence-electron chi connectivity index (χ2n) is 5.73. The van der Waals surface area contributed by atoms with Crippen LogP contribution in [0.15, 0.2) is 17.5 Å². The molecule has 0 saturated carbocycles. The number of piperazine rings is 1. The second kappa shape index (κ2) is 7.10. The van der Waals surface area contributed by atoms with Crippen LogP contribution in [0, 0.1) is 0 Å². The molecule has 1 aliphatic rings. The lowest BCUT2D eigenvalue weighted by Gasteiger charge is -2.34. The van der Waals surface area contributed by atoms with Crippen LogP contribution in [-0.4, -0.2) is 65.4 Å². The van der Waals surface area contributed by atoms with E-state index in [0.717, 1.165) is 4.88 Å². The minimum atomic E-state index is -1.21. The van der Waals surface area contributed by atoms with Crippen molar-refractivity contribution >= 4 is 29.1 Å². The molecule has 1 aliphatic heterocycles. The first-order chi connectivity index (χ1) is 10.8. The van der Waals surface area contributed by atoms with Gasteiger partial charge in [0.15, 0.2) is 0 Å². The Balaban J connectivity index is 1.84. The predicted octanol–water partition coefficient (Wildman–Crippen LogP) is -0.237. The van der Waals surface area contributed by atoms with E-state index in [1.165, 1.54) is 23.2 Å². The summed E-state index contributed by atoms with van der Waals surface area (Å²) in [5.74, 6) is -1.40. The number of rotatable bonds is 3. The van der Waals surface area contributed by atoms with Crippen molar-refractivity contribution in [2.75, 3.05) is 32.7 Å². The number of carbonyl (C=O) groups is 3. The van der Waals surface area contributed by atoms with Gasteiger partial charge in [-0.25, -0.2) is 0 Å². The average Bonchev–Trinajstić information content (AvgIpc) is 3.07. The molecule has 2 rings (SSSR count). The molecule has 1 aromatic rings. The number of hydrogen-bond acceptors (Lipinski definition) is 5. The summed E-state index contributed by atoms with van der Waals surface area (Å²) in [7, 11) is 0. The highest BCUT2D eigenvalue weighted by atomic mass is 32.1. The van der Waals surface area contributed by atoms with Gasteiger partial charge in [0.05, 0.1) is 6.54 Å². The lowest BCUT2D eigenvalue weighted by Crippen LogP contribution is -2.54. The van der Waals surface area contributed by atoms with E-state index in [1.54, 1.807) is 17.9 Å². The molecule has 126 valence electrons. The number of aliphatic hydroxyl groups is 1. The molecular formula is C15H21N3O4S. The molecule has 1 fully saturated rings. The van der Waals surface area contributed by atoms with Gasteiger partial charge in [0.2, 0.25) is 5.91 Å². The molecule has 0 spiro atoms. The molecule has 0 unspecified atom stereocenters. The highest BCUT2D eigenvalue weighted by Gasteiger charge is 2.30. The van der Waals surface area contributed by atoms with Gasteiger partial charge in [0.1, 0.15) is 5.60 Å². The molecule has 0 aromatic carbocycles. The van der Waals surface area contributed by atoms with Crippen LogP contribution in [0.4, 0.5) is 0 Å². The molecule has 0 radical (unpaired) electrons. The van der Waals surface area contributed by atoms with Crippen molar-refractivity contribution < 1.29 is 19.5 Å². The summed E-state index contributed by atoms with van der Waals surface area (Å²) in [4.78, 5) is 39.1. The highest BCUT2D eigenvalue weighted by molar-refractivity contribution is 7.10. The molecule has 7 nitrogen and oxygen atoms in total. The average molecular weight is 339 g/mol. The van der Waals surface area contributed by atoms with E-state index in [0.29, 0.717) is 26.2 Å². The molecule has 2 heterocycles. The normalized spacial score (nSPS) is 17.5. The summed E-state index contributed by atoms with van der Waals surface area (Å²) in [6, 6.07) is 3.59. The first-order valence-corrected chi connectivity index (χ1v) is 8.28. The van der Waals surface area contributed by atoms with Crippen LogP contribution in [-0.2, 0) is 20.0 Å². The van der Waals surface area contributed by atoms with Gasteiger partial charge in [-0.3, -0.25) is 14.4 Å². The van der Waals surface area contributed by atoms with Gasteiger partial charge in [-0.05, 0) is 18.4 Å². The van der Waals surface area contributed by atoms with Crippen molar-refractivity contribution in [3.8, 4) is 0 Å². The minimum Gasteiger partial charge on any atom is -0.383 e. The lowest BCUT2D eigenvalue weighted by molar-refractivity contribution is -0.148. The summed E-state index contributed by atoms with van der Waals surface area (Å²) >= 11 is 1.39. The molecule has 1 atom stereocenters. The Morgan fingerprint density at radius 1 is 1.26 bits per heavy atom. The maximum Gasteiger partial charge on any atom is 0.312 e. The maximum atomic E-state index is 12.1. The van der Waals surface area contributed by atoms with Crippen LogP contribution in [0.3, 0.4) is 0 Å². The van der Waals surface area contributed by atoms with E-state index in [1.807, 2.05) is 11.4 Å². The third-order valence-corrected chi connectivity index (χ3v) is 4.97. The van der Waals surface area contributed by atoms with Gasteiger partial charge in [0, 0.05) is 38.0 Å². The van der Waals surface area contributed by atoms with Gasteiger partial charge in [-0.1, -0.05) is 6.07 Å². The Kier molecular flexibility index (Phi) is 5.38. The Bertz CT molecular complexity index is 578. The summed E-state index contributed by atoms with van der Waals surface area (Å²) in [6.07, 6.45) is 0. The van der Waals surface area contributed by atoms with Crippen LogP contribution in [0.1, 0.15) is 18.7 Å². The summed E-state index contributed by atoms with van der Waals surface area (Å²) in [6.45, 7) is 4.58. The van der Waals surface area contributed by atoms with Crippen LogP contribution >= 0.6 is 11.3 Å². The van der Waals surface area contributed by atoms with E-state index < -0.39 is 17.4 Å². The zero-order valence-corrected chi connectivity index (χ0v) is 14.1. The van der Waals surface area contributed by atoms with Crippen molar-refractivity contribution in [1.82, 2.24) is 15.1 Å². The summed E-state index contributed by atoms with van der Waals surface area (Å²) in [5, 5.41) is 14.7. The van der Waals surface area contributed by atoms with Gasteiger partial charge >= 0.3 is 11.8 Å². The van der Waals surface area contributed by atoms with Crippen molar-refractivity contribution in [1.29, 1.82) is 0 Å². The molecule has 23 heavy (non-hydrogen) atoms. The van der Waals surface area contributed by atoms with Gasteiger partial charge in [-0.15, -0.1) is 11.3 Å². The molecule has 2 N–H and O–H groups in total. The largest absolute Gasteiger partial charge is 0.383 e. The quantitative estimate of drug-likeness (QED) is 0.744. The van der Waals surface area contributed by atoms with Crippen molar-refractivity contribution in [2.45, 2.75) is 19.4 Å². The monoisotopic (exact) mass is 339 g/mol. The van der Waals surface area contributed by atoms with Crippen LogP contribution in [0.2, 0.25) is 0 Å². The molecule has 1 saturated heterocycles. The van der Waals surface area contributed by atoms with Crippen molar-refractivity contribution in [3.63, 3.8) is 0 Å². The number of carbonyl (C=O) groups excluding carboxylic acids is 3.